The molecule has 4 rings (SSSR count). The van der Waals surface area contributed by atoms with E-state index in [1.165, 1.54) is 34.8 Å². The highest BCUT2D eigenvalue weighted by atomic mass is 35.5. The zero-order valence-electron chi connectivity index (χ0n) is 21.2. The Hall–Kier alpha value is -3.01. The molecule has 0 saturated heterocycles. The number of nitrogens with one attached hydrogen (secondary N) is 1. The van der Waals surface area contributed by atoms with Gasteiger partial charge < -0.3 is 16.8 Å². The molecule has 0 atom stereocenters. The molecule has 0 unspecified atom stereocenters. The summed E-state index contributed by atoms with van der Waals surface area (Å²) in [5.41, 5.74) is 16.3. The van der Waals surface area contributed by atoms with E-state index in [0.717, 1.165) is 35.5 Å². The summed E-state index contributed by atoms with van der Waals surface area (Å²) >= 11 is 6.03. The minimum absolute atomic E-state index is 0.830. The predicted molar refractivity (Wildman–Crippen MR) is 154 cm³/mol. The lowest BCUT2D eigenvalue weighted by Crippen LogP contribution is -2.04. The highest BCUT2D eigenvalue weighted by molar-refractivity contribution is 6.35. The Morgan fingerprint density at radius 1 is 0.735 bits per heavy atom. The maximum absolute atomic E-state index is 6.03. The number of fused-ring (bicyclic) bond motifs is 1. The topological polar surface area (TPSA) is 64.1 Å². The summed E-state index contributed by atoms with van der Waals surface area (Å²) in [7, 11) is 1.50. The van der Waals surface area contributed by atoms with Gasteiger partial charge in [-0.05, 0) is 60.7 Å². The average Bonchev–Trinajstić information content (AvgIpc) is 2.90. The number of rotatable bonds is 5. The zero-order chi connectivity index (χ0) is 25.3. The lowest BCUT2D eigenvalue weighted by Gasteiger charge is -2.12. The molecule has 182 valence electrons. The molecule has 4 aromatic rings. The fraction of sp³-hybridized carbons (Fsp3) is 0.267. The van der Waals surface area contributed by atoms with Gasteiger partial charge in [0.25, 0.3) is 0 Å². The van der Waals surface area contributed by atoms with Crippen molar-refractivity contribution in [2.45, 2.75) is 40.5 Å². The van der Waals surface area contributed by atoms with Crippen molar-refractivity contribution in [2.75, 3.05) is 24.6 Å². The molecule has 0 aliphatic rings. The van der Waals surface area contributed by atoms with Crippen LogP contribution in [0.5, 0.6) is 0 Å². The molecule has 34 heavy (non-hydrogen) atoms. The third kappa shape index (κ3) is 8.74. The van der Waals surface area contributed by atoms with E-state index in [0.29, 0.717) is 0 Å². The highest BCUT2D eigenvalue weighted by Gasteiger charge is 2.04. The number of halogens is 1. The molecule has 0 aliphatic carbocycles. The average molecular weight is 478 g/mol. The van der Waals surface area contributed by atoms with Crippen molar-refractivity contribution < 1.29 is 0 Å². The molecule has 4 aromatic carbocycles. The van der Waals surface area contributed by atoms with Gasteiger partial charge in [0.1, 0.15) is 0 Å². The number of hydrogen-bond acceptors (Lipinski definition) is 3. The first kappa shape index (κ1) is 29.0. The summed E-state index contributed by atoms with van der Waals surface area (Å²) in [5.74, 6) is 0. The van der Waals surface area contributed by atoms with Crippen molar-refractivity contribution in [3.8, 4) is 0 Å². The maximum Gasteiger partial charge on any atom is 0.0484 e. The minimum atomic E-state index is 0.830. The standard InChI is InChI=1S/C16H20N2.C11H9Cl.C2H6.CH5N/c1-2-11-18-16-10-6-4-8-14(16)12-13-7-3-5-9-15(13)17;1-8-6-7-11(12)10-5-3-2-4-9(8)10;2*1-2/h3-10,18H,2,11-12,17H2,1H3;2-7H,1H3;1-2H3;2H2,1H3. The molecule has 0 saturated carbocycles. The van der Waals surface area contributed by atoms with E-state index in [-0.39, 0.29) is 0 Å². The molecule has 0 radical (unpaired) electrons. The first-order valence-corrected chi connectivity index (χ1v) is 12.3. The summed E-state index contributed by atoms with van der Waals surface area (Å²) in [6.07, 6.45) is 2.00. The predicted octanol–water partition coefficient (Wildman–Crippen LogP) is 8.08. The zero-order valence-corrected chi connectivity index (χ0v) is 22.0. The van der Waals surface area contributed by atoms with Gasteiger partial charge in [0.05, 0.1) is 0 Å². The molecule has 0 spiro atoms. The smallest absolute Gasteiger partial charge is 0.0484 e. The third-order valence-corrected chi connectivity index (χ3v) is 5.44. The first-order chi connectivity index (χ1) is 16.6. The molecule has 4 heteroatoms. The van der Waals surface area contributed by atoms with E-state index in [1.54, 1.807) is 0 Å². The van der Waals surface area contributed by atoms with Gasteiger partial charge in [-0.1, -0.05) is 99.1 Å². The Morgan fingerprint density at radius 3 is 1.91 bits per heavy atom. The Bertz CT molecular complexity index is 1070. The summed E-state index contributed by atoms with van der Waals surface area (Å²) in [5, 5.41) is 6.67. The first-order valence-electron chi connectivity index (χ1n) is 12.0. The van der Waals surface area contributed by atoms with Crippen molar-refractivity contribution in [3.05, 3.63) is 107 Å². The van der Waals surface area contributed by atoms with Gasteiger partial charge in [-0.25, -0.2) is 0 Å². The molecule has 0 aromatic heterocycles. The molecule has 3 nitrogen and oxygen atoms in total. The van der Waals surface area contributed by atoms with E-state index in [2.05, 4.69) is 61.3 Å². The summed E-state index contributed by atoms with van der Waals surface area (Å²) in [6.45, 7) is 9.27. The van der Waals surface area contributed by atoms with Gasteiger partial charge in [-0.2, -0.15) is 0 Å². The second-order valence-corrected chi connectivity index (χ2v) is 7.78. The van der Waals surface area contributed by atoms with E-state index in [4.69, 9.17) is 17.3 Å². The molecular formula is C30H40ClN3. The molecule has 0 amide bonds. The molecular weight excluding hydrogens is 438 g/mol. The number of aryl methyl sites for hydroxylation is 1. The van der Waals surface area contributed by atoms with Crippen molar-refractivity contribution in [2.24, 2.45) is 5.73 Å². The normalized spacial score (nSPS) is 9.50. The Balaban J connectivity index is 0.000000313. The van der Waals surface area contributed by atoms with E-state index < -0.39 is 0 Å². The van der Waals surface area contributed by atoms with Crippen molar-refractivity contribution in [3.63, 3.8) is 0 Å². The van der Waals surface area contributed by atoms with E-state index in [1.807, 2.05) is 62.4 Å². The van der Waals surface area contributed by atoms with Gasteiger partial charge in [0, 0.05) is 34.7 Å². The van der Waals surface area contributed by atoms with Crippen LogP contribution in [0.1, 0.15) is 43.9 Å². The lowest BCUT2D eigenvalue weighted by atomic mass is 10.0. The second-order valence-electron chi connectivity index (χ2n) is 7.37. The van der Waals surface area contributed by atoms with Crippen LogP contribution in [0, 0.1) is 6.92 Å². The van der Waals surface area contributed by atoms with E-state index in [9.17, 15) is 0 Å². The van der Waals surface area contributed by atoms with Crippen LogP contribution in [0.2, 0.25) is 5.02 Å². The molecule has 0 fully saturated rings. The van der Waals surface area contributed by atoms with Crippen LogP contribution in [0.4, 0.5) is 11.4 Å². The van der Waals surface area contributed by atoms with Crippen LogP contribution >= 0.6 is 11.6 Å². The fourth-order valence-corrected chi connectivity index (χ4v) is 3.65. The summed E-state index contributed by atoms with van der Waals surface area (Å²) in [4.78, 5) is 0. The van der Waals surface area contributed by atoms with Crippen LogP contribution in [0.3, 0.4) is 0 Å². The van der Waals surface area contributed by atoms with Crippen LogP contribution in [0.15, 0.2) is 84.9 Å². The summed E-state index contributed by atoms with van der Waals surface area (Å²) in [6, 6.07) is 28.7. The Labute approximate surface area is 211 Å². The van der Waals surface area contributed by atoms with Gasteiger partial charge in [-0.3, -0.25) is 0 Å². The van der Waals surface area contributed by atoms with Crippen LogP contribution < -0.4 is 16.8 Å². The van der Waals surface area contributed by atoms with Crippen molar-refractivity contribution in [1.82, 2.24) is 0 Å². The second kappa shape index (κ2) is 16.6. The van der Waals surface area contributed by atoms with Gasteiger partial charge >= 0.3 is 0 Å². The number of anilines is 2. The van der Waals surface area contributed by atoms with E-state index >= 15 is 0 Å². The molecule has 0 heterocycles. The number of nitrogen functional groups attached to an aromatic ring is 1. The Morgan fingerprint density at radius 2 is 1.29 bits per heavy atom. The highest BCUT2D eigenvalue weighted by Crippen LogP contribution is 2.25. The molecule has 0 aliphatic heterocycles. The number of para-hydroxylation sites is 2. The summed E-state index contributed by atoms with van der Waals surface area (Å²) < 4.78 is 0. The van der Waals surface area contributed by atoms with Crippen LogP contribution in [0.25, 0.3) is 10.8 Å². The maximum atomic E-state index is 6.03. The number of hydrogen-bond donors (Lipinski definition) is 3. The fourth-order valence-electron chi connectivity index (χ4n) is 3.42. The lowest BCUT2D eigenvalue weighted by molar-refractivity contribution is 0.974. The largest absolute Gasteiger partial charge is 0.398 e. The quantitative estimate of drug-likeness (QED) is 0.254. The number of benzene rings is 4. The minimum Gasteiger partial charge on any atom is -0.398 e. The SMILES string of the molecule is CC.CCCNc1ccccc1Cc1ccccc1N.CN.Cc1ccc(Cl)c2ccccc12. The Kier molecular flexibility index (Phi) is 14.2. The van der Waals surface area contributed by atoms with Gasteiger partial charge in [0.15, 0.2) is 0 Å². The third-order valence-electron chi connectivity index (χ3n) is 5.11. The number of nitrogens with two attached hydrogens (primary N) is 2. The van der Waals surface area contributed by atoms with Crippen molar-refractivity contribution in [1.29, 1.82) is 0 Å². The molecule has 0 bridgehead atoms. The van der Waals surface area contributed by atoms with Gasteiger partial charge in [-0.15, -0.1) is 0 Å². The van der Waals surface area contributed by atoms with Crippen molar-refractivity contribution >= 4 is 33.7 Å². The van der Waals surface area contributed by atoms with Gasteiger partial charge in [0.2, 0.25) is 0 Å². The van der Waals surface area contributed by atoms with Crippen LogP contribution in [-0.2, 0) is 6.42 Å². The molecule has 5 N–H and O–H groups in total. The van der Waals surface area contributed by atoms with Crippen LogP contribution in [-0.4, -0.2) is 13.6 Å². The monoisotopic (exact) mass is 477 g/mol.